The topological polar surface area (TPSA) is 94.2 Å². The fraction of sp³-hybridized carbons (Fsp3) is 0.240. The van der Waals surface area contributed by atoms with Crippen molar-refractivity contribution in [3.05, 3.63) is 83.4 Å². The Balaban J connectivity index is 1.41. The van der Waals surface area contributed by atoms with Crippen molar-refractivity contribution in [1.82, 2.24) is 9.62 Å². The van der Waals surface area contributed by atoms with Gasteiger partial charge in [0.15, 0.2) is 11.5 Å². The Morgan fingerprint density at radius 3 is 2.53 bits per heavy atom. The van der Waals surface area contributed by atoms with Gasteiger partial charge in [-0.15, -0.1) is 0 Å². The molecule has 0 radical (unpaired) electrons. The fourth-order valence-corrected chi connectivity index (χ4v) is 5.78. The van der Waals surface area contributed by atoms with Crippen LogP contribution in [0.15, 0.2) is 71.6 Å². The summed E-state index contributed by atoms with van der Waals surface area (Å²) >= 11 is 0. The first-order chi connectivity index (χ1) is 16.5. The van der Waals surface area contributed by atoms with Crippen LogP contribution in [-0.2, 0) is 34.3 Å². The van der Waals surface area contributed by atoms with Gasteiger partial charge < -0.3 is 19.5 Å². The summed E-state index contributed by atoms with van der Waals surface area (Å²) in [5.41, 5.74) is 2.68. The zero-order chi connectivity index (χ0) is 23.7. The largest absolute Gasteiger partial charge is 0.497 e. The Hall–Kier alpha value is -3.56. The molecule has 0 aliphatic carbocycles. The maximum atomic E-state index is 13.6. The molecule has 3 aromatic rings. The lowest BCUT2D eigenvalue weighted by atomic mass is 9.95. The molecule has 1 N–H and O–H groups in total. The van der Waals surface area contributed by atoms with E-state index in [0.717, 1.165) is 16.7 Å². The summed E-state index contributed by atoms with van der Waals surface area (Å²) in [5, 5.41) is 2.90. The summed E-state index contributed by atoms with van der Waals surface area (Å²) in [6, 6.07) is 18.4. The molecule has 0 saturated heterocycles. The van der Waals surface area contributed by atoms with Crippen LogP contribution in [0.3, 0.4) is 0 Å². The van der Waals surface area contributed by atoms with Crippen molar-refractivity contribution in [2.75, 3.05) is 13.9 Å². The molecule has 0 fully saturated rings. The molecule has 0 spiro atoms. The third-order valence-corrected chi connectivity index (χ3v) is 7.95. The van der Waals surface area contributed by atoms with E-state index < -0.39 is 16.1 Å². The molecule has 3 aromatic carbocycles. The van der Waals surface area contributed by atoms with E-state index in [1.165, 1.54) is 23.5 Å². The number of nitrogens with zero attached hydrogens (tertiary/aromatic N) is 1. The van der Waals surface area contributed by atoms with Gasteiger partial charge in [-0.2, -0.15) is 4.31 Å². The van der Waals surface area contributed by atoms with Crippen LogP contribution in [-0.4, -0.2) is 38.6 Å². The zero-order valence-corrected chi connectivity index (χ0v) is 19.4. The van der Waals surface area contributed by atoms with Crippen molar-refractivity contribution in [1.29, 1.82) is 0 Å². The molecule has 0 aromatic heterocycles. The normalized spacial score (nSPS) is 17.1. The van der Waals surface area contributed by atoms with Gasteiger partial charge in [0.25, 0.3) is 0 Å². The van der Waals surface area contributed by atoms with E-state index in [9.17, 15) is 13.2 Å². The molecule has 0 unspecified atom stereocenters. The van der Waals surface area contributed by atoms with Crippen LogP contribution < -0.4 is 19.5 Å². The second kappa shape index (κ2) is 9.00. The van der Waals surface area contributed by atoms with Gasteiger partial charge in [-0.25, -0.2) is 8.42 Å². The van der Waals surface area contributed by atoms with Crippen molar-refractivity contribution in [2.24, 2.45) is 0 Å². The molecule has 2 heterocycles. The predicted molar refractivity (Wildman–Crippen MR) is 124 cm³/mol. The SMILES string of the molecule is COc1ccc(S(=O)(=O)N2Cc3ccccc3C[C@@H]2C(=O)NCc2ccc3c(c2)OCO3)cc1. The summed E-state index contributed by atoms with van der Waals surface area (Å²) < 4.78 is 44.3. The minimum atomic E-state index is -3.93. The molecule has 1 atom stereocenters. The molecule has 34 heavy (non-hydrogen) atoms. The van der Waals surface area contributed by atoms with Crippen molar-refractivity contribution < 1.29 is 27.4 Å². The van der Waals surface area contributed by atoms with Crippen molar-refractivity contribution >= 4 is 15.9 Å². The Morgan fingerprint density at radius 1 is 1.03 bits per heavy atom. The highest BCUT2D eigenvalue weighted by atomic mass is 32.2. The number of hydrogen-bond acceptors (Lipinski definition) is 6. The lowest BCUT2D eigenvalue weighted by Gasteiger charge is -2.35. The van der Waals surface area contributed by atoms with E-state index in [1.807, 2.05) is 36.4 Å². The smallest absolute Gasteiger partial charge is 0.244 e. The minimum absolute atomic E-state index is 0.112. The molecular formula is C25H24N2O6S. The number of rotatable bonds is 6. The zero-order valence-electron chi connectivity index (χ0n) is 18.6. The van der Waals surface area contributed by atoms with Crippen LogP contribution in [0.2, 0.25) is 0 Å². The van der Waals surface area contributed by atoms with Crippen LogP contribution in [0.5, 0.6) is 17.2 Å². The summed E-state index contributed by atoms with van der Waals surface area (Å²) in [7, 11) is -2.42. The molecule has 9 heteroatoms. The number of methoxy groups -OCH3 is 1. The monoisotopic (exact) mass is 480 g/mol. The van der Waals surface area contributed by atoms with Gasteiger partial charge in [0, 0.05) is 13.1 Å². The highest BCUT2D eigenvalue weighted by molar-refractivity contribution is 7.89. The van der Waals surface area contributed by atoms with Gasteiger partial charge in [-0.05, 0) is 59.5 Å². The summed E-state index contributed by atoms with van der Waals surface area (Å²) in [4.78, 5) is 13.4. The van der Waals surface area contributed by atoms with Gasteiger partial charge in [0.05, 0.1) is 12.0 Å². The van der Waals surface area contributed by atoms with E-state index >= 15 is 0 Å². The predicted octanol–water partition coefficient (Wildman–Crippen LogP) is 2.86. The van der Waals surface area contributed by atoms with Gasteiger partial charge in [0.1, 0.15) is 11.8 Å². The Kier molecular flexibility index (Phi) is 5.89. The van der Waals surface area contributed by atoms with E-state index in [-0.39, 0.29) is 30.7 Å². The first kappa shape index (κ1) is 22.2. The van der Waals surface area contributed by atoms with Crippen molar-refractivity contribution in [2.45, 2.75) is 30.4 Å². The van der Waals surface area contributed by atoms with Crippen LogP contribution >= 0.6 is 0 Å². The number of benzene rings is 3. The van der Waals surface area contributed by atoms with E-state index in [4.69, 9.17) is 14.2 Å². The number of fused-ring (bicyclic) bond motifs is 2. The average Bonchev–Trinajstić information content (AvgIpc) is 3.34. The van der Waals surface area contributed by atoms with Gasteiger partial charge >= 0.3 is 0 Å². The summed E-state index contributed by atoms with van der Waals surface area (Å²) in [5.74, 6) is 1.49. The number of nitrogens with one attached hydrogen (secondary N) is 1. The highest BCUT2D eigenvalue weighted by Gasteiger charge is 2.39. The Morgan fingerprint density at radius 2 is 1.76 bits per heavy atom. The first-order valence-electron chi connectivity index (χ1n) is 10.8. The van der Waals surface area contributed by atoms with Crippen LogP contribution in [0.4, 0.5) is 0 Å². The summed E-state index contributed by atoms with van der Waals surface area (Å²) in [6.45, 7) is 0.529. The third kappa shape index (κ3) is 4.20. The fourth-order valence-electron chi connectivity index (χ4n) is 4.22. The Labute approximate surface area is 198 Å². The molecule has 0 bridgehead atoms. The van der Waals surface area contributed by atoms with Crippen LogP contribution in [0.1, 0.15) is 16.7 Å². The molecule has 2 aliphatic rings. The maximum absolute atomic E-state index is 13.6. The lowest BCUT2D eigenvalue weighted by Crippen LogP contribution is -2.52. The van der Waals surface area contributed by atoms with Crippen LogP contribution in [0.25, 0.3) is 0 Å². The number of sulfonamides is 1. The van der Waals surface area contributed by atoms with E-state index in [1.54, 1.807) is 18.2 Å². The number of hydrogen-bond donors (Lipinski definition) is 1. The molecule has 5 rings (SSSR count). The number of carbonyl (C=O) groups is 1. The quantitative estimate of drug-likeness (QED) is 0.583. The highest BCUT2D eigenvalue weighted by Crippen LogP contribution is 2.33. The molecule has 8 nitrogen and oxygen atoms in total. The Bertz CT molecular complexity index is 1320. The average molecular weight is 481 g/mol. The van der Waals surface area contributed by atoms with E-state index in [2.05, 4.69) is 5.32 Å². The molecule has 2 aliphatic heterocycles. The molecule has 176 valence electrons. The second-order valence-electron chi connectivity index (χ2n) is 8.12. The van der Waals surface area contributed by atoms with Gasteiger partial charge in [-0.3, -0.25) is 4.79 Å². The van der Waals surface area contributed by atoms with Crippen molar-refractivity contribution in [3.8, 4) is 17.2 Å². The number of ether oxygens (including phenoxy) is 3. The molecule has 1 amide bonds. The first-order valence-corrected chi connectivity index (χ1v) is 12.3. The van der Waals surface area contributed by atoms with Crippen LogP contribution in [0, 0.1) is 0 Å². The van der Waals surface area contributed by atoms with Gasteiger partial charge in [-0.1, -0.05) is 30.3 Å². The summed E-state index contributed by atoms with van der Waals surface area (Å²) in [6.07, 6.45) is 0.290. The second-order valence-corrected chi connectivity index (χ2v) is 10.0. The molecular weight excluding hydrogens is 456 g/mol. The number of carbonyl (C=O) groups excluding carboxylic acids is 1. The minimum Gasteiger partial charge on any atom is -0.497 e. The molecule has 0 saturated carbocycles. The van der Waals surface area contributed by atoms with Crippen molar-refractivity contribution in [3.63, 3.8) is 0 Å². The third-order valence-electron chi connectivity index (χ3n) is 6.08. The maximum Gasteiger partial charge on any atom is 0.244 e. The van der Waals surface area contributed by atoms with Gasteiger partial charge in [0.2, 0.25) is 22.7 Å². The standard InChI is InChI=1S/C25H24N2O6S/c1-31-20-7-9-21(10-8-20)34(29,30)27-15-19-5-3-2-4-18(19)13-22(27)25(28)26-14-17-6-11-23-24(12-17)33-16-32-23/h2-12,22H,13-16H2,1H3,(H,26,28)/t22-/m1/s1. The van der Waals surface area contributed by atoms with E-state index in [0.29, 0.717) is 23.7 Å². The number of amides is 1. The lowest BCUT2D eigenvalue weighted by molar-refractivity contribution is -0.125.